The van der Waals surface area contributed by atoms with E-state index in [2.05, 4.69) is 21.2 Å². The van der Waals surface area contributed by atoms with Crippen molar-refractivity contribution in [3.05, 3.63) is 58.2 Å². The zero-order valence-corrected chi connectivity index (χ0v) is 18.0. The smallest absolute Gasteiger partial charge is 0.270 e. The molecule has 0 unspecified atom stereocenters. The molecule has 1 saturated heterocycles. The number of aromatic nitrogens is 1. The maximum Gasteiger partial charge on any atom is 0.270 e. The van der Waals surface area contributed by atoms with Crippen LogP contribution in [0.5, 0.6) is 5.75 Å². The van der Waals surface area contributed by atoms with Gasteiger partial charge in [0, 0.05) is 36.4 Å². The van der Waals surface area contributed by atoms with E-state index in [-0.39, 0.29) is 11.8 Å². The van der Waals surface area contributed by atoms with Crippen LogP contribution >= 0.6 is 15.9 Å². The highest BCUT2D eigenvalue weighted by molar-refractivity contribution is 9.10. The van der Waals surface area contributed by atoms with Crippen molar-refractivity contribution in [3.63, 3.8) is 0 Å². The van der Waals surface area contributed by atoms with Crippen LogP contribution in [0.2, 0.25) is 0 Å². The number of nitrogens with zero attached hydrogens (tertiary/aromatic N) is 2. The first-order chi connectivity index (χ1) is 14.0. The van der Waals surface area contributed by atoms with E-state index in [1.165, 1.54) is 0 Å². The van der Waals surface area contributed by atoms with Crippen molar-refractivity contribution in [2.75, 3.05) is 18.6 Å². The van der Waals surface area contributed by atoms with Crippen molar-refractivity contribution in [3.8, 4) is 5.75 Å². The molecule has 0 radical (unpaired) electrons. The average Bonchev–Trinajstić information content (AvgIpc) is 3.27. The summed E-state index contributed by atoms with van der Waals surface area (Å²) in [6.07, 6.45) is 1.29. The van der Waals surface area contributed by atoms with Gasteiger partial charge in [0.25, 0.3) is 5.91 Å². The Bertz CT molecular complexity index is 1110. The summed E-state index contributed by atoms with van der Waals surface area (Å²) in [4.78, 5) is 27.5. The van der Waals surface area contributed by atoms with Gasteiger partial charge < -0.3 is 19.5 Å². The predicted octanol–water partition coefficient (Wildman–Crippen LogP) is 4.01. The third-order valence-corrected chi connectivity index (χ3v) is 6.11. The van der Waals surface area contributed by atoms with Gasteiger partial charge >= 0.3 is 0 Å². The SMILES string of the molecule is COc1ccc2c(c1)c(N1CCCC1=O)c(C(=O)NCc1ccccc1Br)n2C. The number of carbonyl (C=O) groups excluding carboxylic acids is 2. The molecule has 4 rings (SSSR count). The second-order valence-electron chi connectivity index (χ2n) is 7.06. The molecule has 1 aliphatic heterocycles. The maximum absolute atomic E-state index is 13.2. The monoisotopic (exact) mass is 455 g/mol. The maximum atomic E-state index is 13.2. The largest absolute Gasteiger partial charge is 0.497 e. The zero-order valence-electron chi connectivity index (χ0n) is 16.4. The average molecular weight is 456 g/mol. The number of anilines is 1. The Morgan fingerprint density at radius 1 is 1.24 bits per heavy atom. The molecule has 2 heterocycles. The number of rotatable bonds is 5. The molecular formula is C22H22BrN3O3. The van der Waals surface area contributed by atoms with Gasteiger partial charge in [-0.15, -0.1) is 0 Å². The van der Waals surface area contributed by atoms with Crippen molar-refractivity contribution >= 4 is 44.3 Å². The number of nitrogens with one attached hydrogen (secondary N) is 1. The number of carbonyl (C=O) groups is 2. The van der Waals surface area contributed by atoms with Crippen molar-refractivity contribution in [1.82, 2.24) is 9.88 Å². The highest BCUT2D eigenvalue weighted by Gasteiger charge is 2.31. The van der Waals surface area contributed by atoms with Gasteiger partial charge in [0.1, 0.15) is 11.4 Å². The molecular weight excluding hydrogens is 434 g/mol. The lowest BCUT2D eigenvalue weighted by molar-refractivity contribution is -0.117. The third-order valence-electron chi connectivity index (χ3n) is 5.34. The van der Waals surface area contributed by atoms with E-state index < -0.39 is 0 Å². The molecule has 0 atom stereocenters. The topological polar surface area (TPSA) is 63.6 Å². The Kier molecular flexibility index (Phi) is 5.32. The second-order valence-corrected chi connectivity index (χ2v) is 7.92. The van der Waals surface area contributed by atoms with E-state index in [1.54, 1.807) is 12.0 Å². The minimum atomic E-state index is -0.215. The molecule has 1 fully saturated rings. The summed E-state index contributed by atoms with van der Waals surface area (Å²) in [6, 6.07) is 13.4. The molecule has 0 bridgehead atoms. The fourth-order valence-electron chi connectivity index (χ4n) is 3.85. The number of amides is 2. The summed E-state index contributed by atoms with van der Waals surface area (Å²) in [7, 11) is 3.46. The fourth-order valence-corrected chi connectivity index (χ4v) is 4.27. The Hall–Kier alpha value is -2.80. The van der Waals surface area contributed by atoms with Crippen molar-refractivity contribution in [1.29, 1.82) is 0 Å². The van der Waals surface area contributed by atoms with Gasteiger partial charge in [-0.25, -0.2) is 0 Å². The summed E-state index contributed by atoms with van der Waals surface area (Å²) in [5, 5.41) is 3.85. The van der Waals surface area contributed by atoms with Crippen LogP contribution in [0.3, 0.4) is 0 Å². The number of hydrogen-bond donors (Lipinski definition) is 1. The zero-order chi connectivity index (χ0) is 20.5. The quantitative estimate of drug-likeness (QED) is 0.631. The van der Waals surface area contributed by atoms with Crippen molar-refractivity contribution < 1.29 is 14.3 Å². The lowest BCUT2D eigenvalue weighted by Gasteiger charge is -2.18. The summed E-state index contributed by atoms with van der Waals surface area (Å²) in [5.74, 6) is 0.518. The molecule has 2 amide bonds. The second kappa shape index (κ2) is 7.91. The molecule has 1 N–H and O–H groups in total. The van der Waals surface area contributed by atoms with Gasteiger partial charge in [0.15, 0.2) is 0 Å². The summed E-state index contributed by atoms with van der Waals surface area (Å²) in [5.41, 5.74) is 3.01. The fraction of sp³-hybridized carbons (Fsp3) is 0.273. The van der Waals surface area contributed by atoms with Crippen LogP contribution in [0.15, 0.2) is 46.9 Å². The Morgan fingerprint density at radius 2 is 2.03 bits per heavy atom. The Morgan fingerprint density at radius 3 is 2.72 bits per heavy atom. The Labute approximate surface area is 177 Å². The molecule has 150 valence electrons. The van der Waals surface area contributed by atoms with Gasteiger partial charge in [0.2, 0.25) is 5.91 Å². The molecule has 29 heavy (non-hydrogen) atoms. The normalized spacial score (nSPS) is 13.9. The van der Waals surface area contributed by atoms with Gasteiger partial charge in [-0.2, -0.15) is 0 Å². The number of hydrogen-bond acceptors (Lipinski definition) is 3. The summed E-state index contributed by atoms with van der Waals surface area (Å²) < 4.78 is 8.17. The van der Waals surface area contributed by atoms with E-state index >= 15 is 0 Å². The lowest BCUT2D eigenvalue weighted by atomic mass is 10.2. The number of fused-ring (bicyclic) bond motifs is 1. The van der Waals surface area contributed by atoms with Crippen molar-refractivity contribution in [2.45, 2.75) is 19.4 Å². The van der Waals surface area contributed by atoms with Crippen LogP contribution < -0.4 is 15.0 Å². The molecule has 0 saturated carbocycles. The van der Waals surface area contributed by atoms with E-state index in [1.807, 2.05) is 54.1 Å². The Balaban J connectivity index is 1.78. The minimum absolute atomic E-state index is 0.0418. The first kappa shape index (κ1) is 19.5. The third kappa shape index (κ3) is 3.51. The van der Waals surface area contributed by atoms with Crippen LogP contribution in [-0.2, 0) is 18.4 Å². The highest BCUT2D eigenvalue weighted by atomic mass is 79.9. The van der Waals surface area contributed by atoms with Gasteiger partial charge in [-0.1, -0.05) is 34.1 Å². The van der Waals surface area contributed by atoms with Crippen molar-refractivity contribution in [2.24, 2.45) is 7.05 Å². The van der Waals surface area contributed by atoms with E-state index in [0.717, 1.165) is 27.4 Å². The number of benzene rings is 2. The number of ether oxygens (including phenoxy) is 1. The molecule has 3 aromatic rings. The van der Waals surface area contributed by atoms with Crippen LogP contribution in [0.1, 0.15) is 28.9 Å². The number of methoxy groups -OCH3 is 1. The molecule has 1 aromatic heterocycles. The van der Waals surface area contributed by atoms with Gasteiger partial charge in [0.05, 0.1) is 18.3 Å². The van der Waals surface area contributed by atoms with Gasteiger partial charge in [-0.05, 0) is 36.2 Å². The first-order valence-electron chi connectivity index (χ1n) is 9.49. The molecule has 2 aromatic carbocycles. The minimum Gasteiger partial charge on any atom is -0.497 e. The van der Waals surface area contributed by atoms with Crippen LogP contribution in [-0.4, -0.2) is 30.0 Å². The molecule has 7 heteroatoms. The van der Waals surface area contributed by atoms with E-state index in [9.17, 15) is 9.59 Å². The first-order valence-corrected chi connectivity index (χ1v) is 10.3. The summed E-state index contributed by atoms with van der Waals surface area (Å²) in [6.45, 7) is 0.998. The predicted molar refractivity (Wildman–Crippen MR) is 116 cm³/mol. The standard InChI is InChI=1S/C22H22BrN3O3/c1-25-18-10-9-15(29-2)12-16(18)20(26-11-5-8-19(26)27)21(25)22(28)24-13-14-6-3-4-7-17(14)23/h3-4,6-7,9-10,12H,5,8,11,13H2,1-2H3,(H,24,28). The van der Waals surface area contributed by atoms with Crippen LogP contribution in [0.4, 0.5) is 5.69 Å². The molecule has 0 aliphatic carbocycles. The lowest BCUT2D eigenvalue weighted by Crippen LogP contribution is -2.30. The molecule has 6 nitrogen and oxygen atoms in total. The van der Waals surface area contributed by atoms with Gasteiger partial charge in [-0.3, -0.25) is 9.59 Å². The van der Waals surface area contributed by atoms with E-state index in [4.69, 9.17) is 4.74 Å². The van der Waals surface area contributed by atoms with Crippen LogP contribution in [0, 0.1) is 0 Å². The number of halogens is 1. The highest BCUT2D eigenvalue weighted by Crippen LogP contribution is 2.37. The summed E-state index contributed by atoms with van der Waals surface area (Å²) >= 11 is 3.51. The molecule has 0 spiro atoms. The molecule has 1 aliphatic rings. The van der Waals surface area contributed by atoms with E-state index in [0.29, 0.717) is 36.6 Å². The number of aryl methyl sites for hydroxylation is 1. The van der Waals surface area contributed by atoms with Crippen LogP contribution in [0.25, 0.3) is 10.9 Å².